The highest BCUT2D eigenvalue weighted by Crippen LogP contribution is 2.30. The number of benzene rings is 2. The van der Waals surface area contributed by atoms with Gasteiger partial charge in [0.2, 0.25) is 5.91 Å². The first kappa shape index (κ1) is 17.2. The Morgan fingerprint density at radius 2 is 1.83 bits per heavy atom. The van der Waals surface area contributed by atoms with E-state index in [1.807, 2.05) is 30.3 Å². The monoisotopic (exact) mass is 332 g/mol. The highest BCUT2D eigenvalue weighted by molar-refractivity contribution is 6.31. The van der Waals surface area contributed by atoms with Gasteiger partial charge in [-0.25, -0.2) is 0 Å². The van der Waals surface area contributed by atoms with Crippen molar-refractivity contribution in [3.63, 3.8) is 0 Å². The van der Waals surface area contributed by atoms with Gasteiger partial charge >= 0.3 is 0 Å². The highest BCUT2D eigenvalue weighted by Gasteiger charge is 2.05. The van der Waals surface area contributed by atoms with E-state index in [0.717, 1.165) is 29.9 Å². The third kappa shape index (κ3) is 5.18. The summed E-state index contributed by atoms with van der Waals surface area (Å²) < 4.78 is 5.31. The van der Waals surface area contributed by atoms with Gasteiger partial charge in [0.05, 0.1) is 12.8 Å². The van der Waals surface area contributed by atoms with Gasteiger partial charge in [-0.2, -0.15) is 0 Å². The Morgan fingerprint density at radius 1 is 1.13 bits per heavy atom. The third-order valence-electron chi connectivity index (χ3n) is 3.37. The molecule has 1 amide bonds. The minimum Gasteiger partial charge on any atom is -0.495 e. The normalized spacial score (nSPS) is 10.2. The van der Waals surface area contributed by atoms with E-state index in [1.54, 1.807) is 19.2 Å². The molecule has 5 heteroatoms. The van der Waals surface area contributed by atoms with Crippen LogP contribution in [0.4, 0.5) is 17.1 Å². The molecule has 0 atom stereocenters. The molecule has 0 saturated carbocycles. The molecule has 4 nitrogen and oxygen atoms in total. The van der Waals surface area contributed by atoms with Crippen molar-refractivity contribution in [1.29, 1.82) is 0 Å². The molecule has 122 valence electrons. The summed E-state index contributed by atoms with van der Waals surface area (Å²) >= 11 is 6.02. The van der Waals surface area contributed by atoms with E-state index in [4.69, 9.17) is 16.3 Å². The van der Waals surface area contributed by atoms with Crippen LogP contribution in [0, 0.1) is 0 Å². The molecule has 2 aromatic carbocycles. The molecule has 0 saturated heterocycles. The molecule has 0 aliphatic heterocycles. The van der Waals surface area contributed by atoms with Crippen LogP contribution in [0.1, 0.15) is 26.2 Å². The number of amides is 1. The molecule has 0 spiro atoms. The van der Waals surface area contributed by atoms with Crippen molar-refractivity contribution in [3.05, 3.63) is 47.5 Å². The minimum absolute atomic E-state index is 0.0454. The third-order valence-corrected chi connectivity index (χ3v) is 3.60. The summed E-state index contributed by atoms with van der Waals surface area (Å²) in [5.41, 5.74) is 2.46. The fourth-order valence-electron chi connectivity index (χ4n) is 2.13. The van der Waals surface area contributed by atoms with Gasteiger partial charge in [0.1, 0.15) is 5.75 Å². The van der Waals surface area contributed by atoms with Crippen LogP contribution in [-0.2, 0) is 4.79 Å². The number of carbonyl (C=O) groups excluding carboxylic acids is 1. The van der Waals surface area contributed by atoms with Gasteiger partial charge in [-0.3, -0.25) is 4.79 Å². The predicted octanol–water partition coefficient (Wildman–Crippen LogP) is 5.22. The lowest BCUT2D eigenvalue weighted by atomic mass is 10.2. The van der Waals surface area contributed by atoms with E-state index in [0.29, 0.717) is 17.2 Å². The summed E-state index contributed by atoms with van der Waals surface area (Å²) in [6.07, 6.45) is 2.47. The molecule has 2 rings (SSSR count). The fraction of sp³-hybridized carbons (Fsp3) is 0.278. The van der Waals surface area contributed by atoms with Crippen molar-refractivity contribution in [2.24, 2.45) is 0 Å². The maximum atomic E-state index is 11.7. The second-order valence-electron chi connectivity index (χ2n) is 5.20. The molecule has 2 N–H and O–H groups in total. The maximum Gasteiger partial charge on any atom is 0.224 e. The molecule has 0 bridgehead atoms. The van der Waals surface area contributed by atoms with Gasteiger partial charge in [0.15, 0.2) is 0 Å². The van der Waals surface area contributed by atoms with Crippen LogP contribution >= 0.6 is 11.6 Å². The molecule has 0 fully saturated rings. The minimum atomic E-state index is 0.0454. The Bertz CT molecular complexity index is 657. The highest BCUT2D eigenvalue weighted by atomic mass is 35.5. The number of hydrogen-bond donors (Lipinski definition) is 2. The lowest BCUT2D eigenvalue weighted by Crippen LogP contribution is -2.10. The number of unbranched alkanes of at least 4 members (excludes halogenated alkanes) is 1. The van der Waals surface area contributed by atoms with Crippen molar-refractivity contribution < 1.29 is 9.53 Å². The van der Waals surface area contributed by atoms with Gasteiger partial charge in [-0.15, -0.1) is 0 Å². The van der Waals surface area contributed by atoms with E-state index in [-0.39, 0.29) is 5.91 Å². The van der Waals surface area contributed by atoms with E-state index in [9.17, 15) is 4.79 Å². The van der Waals surface area contributed by atoms with Crippen LogP contribution in [0.2, 0.25) is 5.02 Å². The van der Waals surface area contributed by atoms with Crippen LogP contribution in [0.5, 0.6) is 5.75 Å². The Morgan fingerprint density at radius 3 is 2.48 bits per heavy atom. The molecular formula is C18H21ClN2O2. The van der Waals surface area contributed by atoms with Gasteiger partial charge in [-0.05, 0) is 48.9 Å². The topological polar surface area (TPSA) is 50.4 Å². The Kier molecular flexibility index (Phi) is 6.29. The molecular weight excluding hydrogens is 312 g/mol. The number of halogens is 1. The molecule has 0 aliphatic rings. The van der Waals surface area contributed by atoms with E-state index >= 15 is 0 Å². The first-order valence-electron chi connectivity index (χ1n) is 7.63. The van der Waals surface area contributed by atoms with Crippen molar-refractivity contribution in [2.75, 3.05) is 17.7 Å². The number of carbonyl (C=O) groups is 1. The van der Waals surface area contributed by atoms with Crippen molar-refractivity contribution in [2.45, 2.75) is 26.2 Å². The Balaban J connectivity index is 2.03. The second-order valence-corrected chi connectivity index (χ2v) is 5.64. The summed E-state index contributed by atoms with van der Waals surface area (Å²) in [5.74, 6) is 0.760. The Hall–Kier alpha value is -2.20. The van der Waals surface area contributed by atoms with Crippen LogP contribution in [0.3, 0.4) is 0 Å². The van der Waals surface area contributed by atoms with Crippen LogP contribution in [0.15, 0.2) is 42.5 Å². The number of ether oxygens (including phenoxy) is 1. The molecule has 0 aromatic heterocycles. The average molecular weight is 333 g/mol. The zero-order chi connectivity index (χ0) is 16.7. The first-order chi connectivity index (χ1) is 11.1. The zero-order valence-corrected chi connectivity index (χ0v) is 14.1. The smallest absolute Gasteiger partial charge is 0.224 e. The molecule has 2 aromatic rings. The SMILES string of the molecule is CCCCC(=O)Nc1ccc(Nc2cc(Cl)ccc2OC)cc1. The van der Waals surface area contributed by atoms with Gasteiger partial charge in [0.25, 0.3) is 0 Å². The van der Waals surface area contributed by atoms with Crippen molar-refractivity contribution in [1.82, 2.24) is 0 Å². The average Bonchev–Trinajstić information content (AvgIpc) is 2.55. The molecule has 0 unspecified atom stereocenters. The molecule has 0 radical (unpaired) electrons. The van der Waals surface area contributed by atoms with E-state index in [2.05, 4.69) is 17.6 Å². The molecule has 23 heavy (non-hydrogen) atoms. The van der Waals surface area contributed by atoms with Gasteiger partial charge in [-0.1, -0.05) is 24.9 Å². The van der Waals surface area contributed by atoms with Crippen molar-refractivity contribution >= 4 is 34.6 Å². The van der Waals surface area contributed by atoms with Gasteiger partial charge in [0, 0.05) is 22.8 Å². The second kappa shape index (κ2) is 8.44. The van der Waals surface area contributed by atoms with E-state index < -0.39 is 0 Å². The van der Waals surface area contributed by atoms with Crippen LogP contribution in [0.25, 0.3) is 0 Å². The molecule has 0 heterocycles. The number of rotatable bonds is 7. The lowest BCUT2D eigenvalue weighted by molar-refractivity contribution is -0.116. The lowest BCUT2D eigenvalue weighted by Gasteiger charge is -2.12. The number of methoxy groups -OCH3 is 1. The number of nitrogens with one attached hydrogen (secondary N) is 2. The quantitative estimate of drug-likeness (QED) is 0.730. The Labute approximate surface area is 141 Å². The summed E-state index contributed by atoms with van der Waals surface area (Å²) in [7, 11) is 1.61. The zero-order valence-electron chi connectivity index (χ0n) is 13.4. The first-order valence-corrected chi connectivity index (χ1v) is 8.00. The van der Waals surface area contributed by atoms with E-state index in [1.165, 1.54) is 0 Å². The van der Waals surface area contributed by atoms with Gasteiger partial charge < -0.3 is 15.4 Å². The van der Waals surface area contributed by atoms with Crippen LogP contribution < -0.4 is 15.4 Å². The van der Waals surface area contributed by atoms with Crippen LogP contribution in [-0.4, -0.2) is 13.0 Å². The summed E-state index contributed by atoms with van der Waals surface area (Å²) in [5, 5.41) is 6.78. The predicted molar refractivity (Wildman–Crippen MR) is 95.9 cm³/mol. The molecule has 0 aliphatic carbocycles. The summed E-state index contributed by atoms with van der Waals surface area (Å²) in [6, 6.07) is 12.9. The largest absolute Gasteiger partial charge is 0.495 e. The number of anilines is 3. The number of hydrogen-bond acceptors (Lipinski definition) is 3. The maximum absolute atomic E-state index is 11.7. The summed E-state index contributed by atoms with van der Waals surface area (Å²) in [4.78, 5) is 11.7. The van der Waals surface area contributed by atoms with Crippen molar-refractivity contribution in [3.8, 4) is 5.75 Å². The standard InChI is InChI=1S/C18H21ClN2O2/c1-3-4-5-18(22)21-15-9-7-14(8-10-15)20-16-12-13(19)6-11-17(16)23-2/h6-12,20H,3-5H2,1-2H3,(H,21,22). The fourth-order valence-corrected chi connectivity index (χ4v) is 2.30. The summed E-state index contributed by atoms with van der Waals surface area (Å²) in [6.45, 7) is 2.07.